The van der Waals surface area contributed by atoms with E-state index >= 15 is 0 Å². The minimum atomic E-state index is -0.602. The molecule has 1 amide bonds. The van der Waals surface area contributed by atoms with Gasteiger partial charge in [-0.05, 0) is 38.8 Å². The van der Waals surface area contributed by atoms with Gasteiger partial charge >= 0.3 is 6.09 Å². The van der Waals surface area contributed by atoms with Gasteiger partial charge in [0.2, 0.25) is 0 Å². The first-order chi connectivity index (χ1) is 10.3. The average Bonchev–Trinajstić information content (AvgIpc) is 2.40. The number of hydrogen-bond donors (Lipinski definition) is 2. The van der Waals surface area contributed by atoms with Gasteiger partial charge in [-0.15, -0.1) is 0 Å². The van der Waals surface area contributed by atoms with Crippen LogP contribution in [0.5, 0.6) is 0 Å². The molecule has 0 aliphatic rings. The van der Waals surface area contributed by atoms with Crippen LogP contribution < -0.4 is 5.32 Å². The van der Waals surface area contributed by atoms with Gasteiger partial charge < -0.3 is 15.3 Å². The Morgan fingerprint density at radius 3 is 2.91 bits per heavy atom. The summed E-state index contributed by atoms with van der Waals surface area (Å²) in [4.78, 5) is 15.2. The van der Waals surface area contributed by atoms with Crippen LogP contribution in [0.3, 0.4) is 0 Å². The molecular formula is C15H18FN3O3. The topological polar surface area (TPSA) is 83.8 Å². The predicted octanol–water partition coefficient (Wildman–Crippen LogP) is 2.30. The Balaban J connectivity index is 2.48. The maximum absolute atomic E-state index is 13.2. The largest absolute Gasteiger partial charge is 0.444 e. The van der Waals surface area contributed by atoms with Crippen LogP contribution in [0.15, 0.2) is 17.3 Å². The maximum Gasteiger partial charge on any atom is 0.407 e. The van der Waals surface area contributed by atoms with E-state index in [4.69, 9.17) is 9.94 Å². The fourth-order valence-corrected chi connectivity index (χ4v) is 1.37. The van der Waals surface area contributed by atoms with Crippen molar-refractivity contribution in [1.82, 2.24) is 10.3 Å². The van der Waals surface area contributed by atoms with Crippen LogP contribution in [0.1, 0.15) is 38.6 Å². The summed E-state index contributed by atoms with van der Waals surface area (Å²) in [6.45, 7) is 5.66. The summed E-state index contributed by atoms with van der Waals surface area (Å²) in [5, 5.41) is 13.7. The Bertz CT molecular complexity index is 613. The molecule has 0 aliphatic heterocycles. The molecule has 0 aromatic carbocycles. The van der Waals surface area contributed by atoms with Crippen molar-refractivity contribution in [2.45, 2.75) is 32.8 Å². The molecular weight excluding hydrogens is 289 g/mol. The summed E-state index contributed by atoms with van der Waals surface area (Å²) in [6, 6.07) is 2.60. The molecule has 0 unspecified atom stereocenters. The highest BCUT2D eigenvalue weighted by atomic mass is 19.1. The summed E-state index contributed by atoms with van der Waals surface area (Å²) in [5.74, 6) is 4.92. The van der Waals surface area contributed by atoms with Crippen molar-refractivity contribution in [2.24, 2.45) is 5.16 Å². The summed E-state index contributed by atoms with van der Waals surface area (Å²) in [7, 11) is 0. The molecule has 6 nitrogen and oxygen atoms in total. The average molecular weight is 307 g/mol. The van der Waals surface area contributed by atoms with Crippen LogP contribution in [0.4, 0.5) is 9.18 Å². The Morgan fingerprint density at radius 1 is 1.55 bits per heavy atom. The van der Waals surface area contributed by atoms with Crippen molar-refractivity contribution in [3.05, 3.63) is 29.3 Å². The fourth-order valence-electron chi connectivity index (χ4n) is 1.37. The van der Waals surface area contributed by atoms with Crippen LogP contribution in [-0.4, -0.2) is 34.6 Å². The third kappa shape index (κ3) is 6.70. The second-order valence-corrected chi connectivity index (χ2v) is 5.29. The summed E-state index contributed by atoms with van der Waals surface area (Å²) in [5.41, 5.74) is -0.298. The minimum absolute atomic E-state index is 0.0961. The zero-order valence-electron chi connectivity index (χ0n) is 12.7. The van der Waals surface area contributed by atoms with E-state index in [0.29, 0.717) is 18.7 Å². The number of alkyl carbamates (subject to hydrolysis) is 1. The number of halogens is 1. The molecule has 2 N–H and O–H groups in total. The summed E-state index contributed by atoms with van der Waals surface area (Å²) in [6.07, 6.45) is 0.780. The van der Waals surface area contributed by atoms with Gasteiger partial charge in [0.05, 0.1) is 6.21 Å². The van der Waals surface area contributed by atoms with Gasteiger partial charge in [-0.2, -0.15) is 0 Å². The number of nitrogens with zero attached hydrogens (tertiary/aromatic N) is 2. The fraction of sp³-hybridized carbons (Fsp3) is 0.400. The SMILES string of the molecule is CC(C)(C)OC(=O)NCCC#Cc1ccc(F)c(C=NO)n1. The van der Waals surface area contributed by atoms with Crippen LogP contribution in [0, 0.1) is 17.7 Å². The Hall–Kier alpha value is -2.62. The number of hydrogen-bond acceptors (Lipinski definition) is 5. The summed E-state index contributed by atoms with van der Waals surface area (Å²) < 4.78 is 18.3. The number of nitrogens with one attached hydrogen (secondary N) is 1. The Labute approximate surface area is 128 Å². The zero-order chi connectivity index (χ0) is 16.6. The van der Waals surface area contributed by atoms with E-state index in [9.17, 15) is 9.18 Å². The highest BCUT2D eigenvalue weighted by Gasteiger charge is 2.15. The molecule has 1 rings (SSSR count). The first-order valence-electron chi connectivity index (χ1n) is 6.61. The third-order valence-electron chi connectivity index (χ3n) is 2.19. The molecule has 0 fully saturated rings. The summed E-state index contributed by atoms with van der Waals surface area (Å²) >= 11 is 0. The molecule has 0 radical (unpaired) electrons. The highest BCUT2D eigenvalue weighted by molar-refractivity contribution is 5.76. The molecule has 7 heteroatoms. The number of oxime groups is 1. The minimum Gasteiger partial charge on any atom is -0.444 e. The lowest BCUT2D eigenvalue weighted by Gasteiger charge is -2.19. The maximum atomic E-state index is 13.2. The van der Waals surface area contributed by atoms with Gasteiger partial charge in [-0.3, -0.25) is 0 Å². The zero-order valence-corrected chi connectivity index (χ0v) is 12.7. The Kier molecular flexibility index (Phi) is 6.32. The van der Waals surface area contributed by atoms with Gasteiger partial charge in [-0.1, -0.05) is 11.1 Å². The number of ether oxygens (including phenoxy) is 1. The van der Waals surface area contributed by atoms with Crippen LogP contribution in [0.2, 0.25) is 0 Å². The Morgan fingerprint density at radius 2 is 2.27 bits per heavy atom. The van der Waals surface area contributed by atoms with Crippen molar-refractivity contribution < 1.29 is 19.1 Å². The molecule has 1 aromatic heterocycles. The van der Waals surface area contributed by atoms with Crippen molar-refractivity contribution in [3.8, 4) is 11.8 Å². The second-order valence-electron chi connectivity index (χ2n) is 5.29. The van der Waals surface area contributed by atoms with E-state index in [1.54, 1.807) is 20.8 Å². The number of rotatable bonds is 3. The molecule has 0 saturated heterocycles. The van der Waals surface area contributed by atoms with Crippen LogP contribution >= 0.6 is 0 Å². The van der Waals surface area contributed by atoms with Crippen molar-refractivity contribution in [3.63, 3.8) is 0 Å². The lowest BCUT2D eigenvalue weighted by atomic mass is 10.2. The number of aromatic nitrogens is 1. The van der Waals surface area contributed by atoms with E-state index in [2.05, 4.69) is 27.3 Å². The molecule has 0 spiro atoms. The van der Waals surface area contributed by atoms with Gasteiger partial charge in [0.15, 0.2) is 5.82 Å². The van der Waals surface area contributed by atoms with Crippen molar-refractivity contribution in [1.29, 1.82) is 0 Å². The lowest BCUT2D eigenvalue weighted by molar-refractivity contribution is 0.0529. The molecule has 0 bridgehead atoms. The van der Waals surface area contributed by atoms with Gasteiger partial charge in [0.1, 0.15) is 17.0 Å². The molecule has 22 heavy (non-hydrogen) atoms. The molecule has 118 valence electrons. The number of carbonyl (C=O) groups is 1. The number of amides is 1. The first-order valence-corrected chi connectivity index (χ1v) is 6.61. The number of carbonyl (C=O) groups excluding carboxylic acids is 1. The van der Waals surface area contributed by atoms with E-state index < -0.39 is 17.5 Å². The van der Waals surface area contributed by atoms with Crippen LogP contribution in [0.25, 0.3) is 0 Å². The van der Waals surface area contributed by atoms with Gasteiger partial charge in [0.25, 0.3) is 0 Å². The smallest absolute Gasteiger partial charge is 0.407 e. The number of pyridine rings is 1. The molecule has 0 atom stereocenters. The predicted molar refractivity (Wildman–Crippen MR) is 79.3 cm³/mol. The van der Waals surface area contributed by atoms with E-state index in [1.165, 1.54) is 12.1 Å². The van der Waals surface area contributed by atoms with E-state index in [-0.39, 0.29) is 5.69 Å². The van der Waals surface area contributed by atoms with Crippen molar-refractivity contribution >= 4 is 12.3 Å². The van der Waals surface area contributed by atoms with Gasteiger partial charge in [0, 0.05) is 13.0 Å². The van der Waals surface area contributed by atoms with Crippen molar-refractivity contribution in [2.75, 3.05) is 6.54 Å². The van der Waals surface area contributed by atoms with Crippen LogP contribution in [-0.2, 0) is 4.74 Å². The molecule has 0 saturated carbocycles. The molecule has 1 aromatic rings. The molecule has 0 aliphatic carbocycles. The second kappa shape index (κ2) is 7.98. The first kappa shape index (κ1) is 17.4. The molecule has 1 heterocycles. The van der Waals surface area contributed by atoms with E-state index in [1.807, 2.05) is 0 Å². The lowest BCUT2D eigenvalue weighted by Crippen LogP contribution is -2.32. The van der Waals surface area contributed by atoms with Gasteiger partial charge in [-0.25, -0.2) is 14.2 Å². The highest BCUT2D eigenvalue weighted by Crippen LogP contribution is 2.06. The quantitative estimate of drug-likeness (QED) is 0.295. The standard InChI is InChI=1S/C15H18FN3O3/c1-15(2,3)22-14(20)17-9-5-4-6-11-7-8-12(16)13(19-11)10-18-21/h7-8,10,21H,5,9H2,1-3H3,(H,17,20). The van der Waals surface area contributed by atoms with E-state index in [0.717, 1.165) is 6.21 Å². The normalized spacial score (nSPS) is 10.9. The third-order valence-corrected chi connectivity index (χ3v) is 2.19. The monoisotopic (exact) mass is 307 g/mol.